The summed E-state index contributed by atoms with van der Waals surface area (Å²) in [6.45, 7) is 4.65. The van der Waals surface area contributed by atoms with Crippen LogP contribution in [0.2, 0.25) is 5.02 Å². The molecule has 0 aromatic heterocycles. The molecule has 1 aromatic carbocycles. The van der Waals surface area contributed by atoms with Crippen LogP contribution in [0.3, 0.4) is 0 Å². The maximum atomic E-state index is 11.9. The molecule has 1 rings (SSSR count). The summed E-state index contributed by atoms with van der Waals surface area (Å²) < 4.78 is 0. The second kappa shape index (κ2) is 7.65. The minimum Gasteiger partial charge on any atom is -0.352 e. The average molecular weight is 288 g/mol. The number of nitrogens with one attached hydrogen (secondary N) is 1. The van der Waals surface area contributed by atoms with E-state index in [2.05, 4.69) is 12.2 Å². The Morgan fingerprint density at radius 2 is 2.17 bits per heavy atom. The van der Waals surface area contributed by atoms with Crippen LogP contribution in [-0.2, 0) is 0 Å². The van der Waals surface area contributed by atoms with E-state index < -0.39 is 0 Å². The first-order valence-corrected chi connectivity index (χ1v) is 7.06. The van der Waals surface area contributed by atoms with Crippen molar-refractivity contribution in [1.29, 1.82) is 0 Å². The minimum absolute atomic E-state index is 0.109. The SMILES string of the molecule is Cc1cccc(C(=O)NCCCC(C)CCl)c1Cl. The zero-order valence-corrected chi connectivity index (χ0v) is 12.3. The van der Waals surface area contributed by atoms with Crippen molar-refractivity contribution in [2.45, 2.75) is 26.7 Å². The number of carbonyl (C=O) groups is 1. The van der Waals surface area contributed by atoms with Gasteiger partial charge in [-0.2, -0.15) is 0 Å². The Kier molecular flexibility index (Phi) is 6.51. The first-order chi connectivity index (χ1) is 8.56. The van der Waals surface area contributed by atoms with Gasteiger partial charge in [-0.15, -0.1) is 11.6 Å². The molecule has 0 saturated heterocycles. The van der Waals surface area contributed by atoms with Gasteiger partial charge in [0.15, 0.2) is 0 Å². The fourth-order valence-corrected chi connectivity index (χ4v) is 2.01. The fourth-order valence-electron chi connectivity index (χ4n) is 1.65. The lowest BCUT2D eigenvalue weighted by Gasteiger charge is -2.09. The van der Waals surface area contributed by atoms with Crippen LogP contribution in [0, 0.1) is 12.8 Å². The standard InChI is InChI=1S/C14H19Cl2NO/c1-10(9-15)5-4-8-17-14(18)12-7-3-6-11(2)13(12)16/h3,6-7,10H,4-5,8-9H2,1-2H3,(H,17,18). The Hall–Kier alpha value is -0.730. The predicted octanol–water partition coefficient (Wildman–Crippen LogP) is 4.03. The third-order valence-corrected chi connectivity index (χ3v) is 3.89. The smallest absolute Gasteiger partial charge is 0.252 e. The number of hydrogen-bond acceptors (Lipinski definition) is 1. The molecular weight excluding hydrogens is 269 g/mol. The van der Waals surface area contributed by atoms with E-state index in [-0.39, 0.29) is 5.91 Å². The lowest BCUT2D eigenvalue weighted by Crippen LogP contribution is -2.25. The van der Waals surface area contributed by atoms with E-state index >= 15 is 0 Å². The molecule has 1 aromatic rings. The largest absolute Gasteiger partial charge is 0.352 e. The van der Waals surface area contributed by atoms with E-state index in [1.54, 1.807) is 6.07 Å². The second-order valence-corrected chi connectivity index (χ2v) is 5.28. The molecule has 18 heavy (non-hydrogen) atoms. The van der Waals surface area contributed by atoms with Crippen molar-refractivity contribution in [1.82, 2.24) is 5.32 Å². The molecule has 0 radical (unpaired) electrons. The number of rotatable bonds is 6. The van der Waals surface area contributed by atoms with E-state index in [1.807, 2.05) is 19.1 Å². The number of aryl methyl sites for hydroxylation is 1. The van der Waals surface area contributed by atoms with Gasteiger partial charge in [0, 0.05) is 12.4 Å². The maximum absolute atomic E-state index is 11.9. The third kappa shape index (κ3) is 4.51. The number of amides is 1. The zero-order chi connectivity index (χ0) is 13.5. The lowest BCUT2D eigenvalue weighted by atomic mass is 10.1. The Morgan fingerprint density at radius 1 is 1.44 bits per heavy atom. The molecule has 1 atom stereocenters. The summed E-state index contributed by atoms with van der Waals surface area (Å²) in [6.07, 6.45) is 1.95. The molecule has 0 fully saturated rings. The Balaban J connectivity index is 2.44. The van der Waals surface area contributed by atoms with E-state index in [9.17, 15) is 4.79 Å². The van der Waals surface area contributed by atoms with Gasteiger partial charge in [-0.05, 0) is 37.3 Å². The van der Waals surface area contributed by atoms with Gasteiger partial charge in [-0.3, -0.25) is 4.79 Å². The average Bonchev–Trinajstić information content (AvgIpc) is 2.37. The summed E-state index contributed by atoms with van der Waals surface area (Å²) in [6, 6.07) is 5.47. The number of hydrogen-bond donors (Lipinski definition) is 1. The molecule has 0 spiro atoms. The Bertz CT molecular complexity index is 407. The Labute approximate surface area is 119 Å². The lowest BCUT2D eigenvalue weighted by molar-refractivity contribution is 0.0952. The van der Waals surface area contributed by atoms with E-state index in [0.717, 1.165) is 18.4 Å². The van der Waals surface area contributed by atoms with Crippen LogP contribution < -0.4 is 5.32 Å². The maximum Gasteiger partial charge on any atom is 0.252 e. The van der Waals surface area contributed by atoms with Crippen LogP contribution in [-0.4, -0.2) is 18.3 Å². The fraction of sp³-hybridized carbons (Fsp3) is 0.500. The molecule has 0 aliphatic rings. The van der Waals surface area contributed by atoms with Gasteiger partial charge in [0.2, 0.25) is 0 Å². The zero-order valence-electron chi connectivity index (χ0n) is 10.8. The van der Waals surface area contributed by atoms with Crippen molar-refractivity contribution in [2.75, 3.05) is 12.4 Å². The van der Waals surface area contributed by atoms with Gasteiger partial charge >= 0.3 is 0 Å². The first-order valence-electron chi connectivity index (χ1n) is 6.15. The molecule has 0 aliphatic heterocycles. The van der Waals surface area contributed by atoms with Gasteiger partial charge in [-0.1, -0.05) is 30.7 Å². The molecule has 0 aliphatic carbocycles. The molecule has 0 saturated carbocycles. The van der Waals surface area contributed by atoms with E-state index in [4.69, 9.17) is 23.2 Å². The van der Waals surface area contributed by atoms with E-state index in [0.29, 0.717) is 28.9 Å². The first kappa shape index (κ1) is 15.3. The molecule has 2 nitrogen and oxygen atoms in total. The van der Waals surface area contributed by atoms with Crippen molar-refractivity contribution in [3.05, 3.63) is 34.3 Å². The summed E-state index contributed by atoms with van der Waals surface area (Å²) >= 11 is 11.8. The number of halogens is 2. The minimum atomic E-state index is -0.109. The molecule has 0 bridgehead atoms. The van der Waals surface area contributed by atoms with Crippen molar-refractivity contribution >= 4 is 29.1 Å². The summed E-state index contributed by atoms with van der Waals surface area (Å²) in [4.78, 5) is 11.9. The van der Waals surface area contributed by atoms with E-state index in [1.165, 1.54) is 0 Å². The number of carbonyl (C=O) groups excluding carboxylic acids is 1. The normalized spacial score (nSPS) is 12.2. The monoisotopic (exact) mass is 287 g/mol. The molecule has 4 heteroatoms. The van der Waals surface area contributed by atoms with Crippen molar-refractivity contribution in [2.24, 2.45) is 5.92 Å². The van der Waals surface area contributed by atoms with Crippen LogP contribution in [0.5, 0.6) is 0 Å². The highest BCUT2D eigenvalue weighted by molar-refractivity contribution is 6.34. The van der Waals surface area contributed by atoms with Gasteiger partial charge < -0.3 is 5.32 Å². The van der Waals surface area contributed by atoms with Gasteiger partial charge in [0.25, 0.3) is 5.91 Å². The quantitative estimate of drug-likeness (QED) is 0.621. The predicted molar refractivity (Wildman–Crippen MR) is 77.6 cm³/mol. The Morgan fingerprint density at radius 3 is 2.83 bits per heavy atom. The van der Waals surface area contributed by atoms with Crippen molar-refractivity contribution < 1.29 is 4.79 Å². The summed E-state index contributed by atoms with van der Waals surface area (Å²) in [5, 5.41) is 3.41. The molecule has 100 valence electrons. The topological polar surface area (TPSA) is 29.1 Å². The van der Waals surface area contributed by atoms with Gasteiger partial charge in [0.1, 0.15) is 0 Å². The molecule has 0 heterocycles. The highest BCUT2D eigenvalue weighted by atomic mass is 35.5. The summed E-state index contributed by atoms with van der Waals surface area (Å²) in [5.74, 6) is 1.05. The molecule has 1 unspecified atom stereocenters. The van der Waals surface area contributed by atoms with Crippen LogP contribution in [0.1, 0.15) is 35.7 Å². The second-order valence-electron chi connectivity index (χ2n) is 4.59. The number of benzene rings is 1. The highest BCUT2D eigenvalue weighted by Crippen LogP contribution is 2.20. The molecule has 1 amide bonds. The summed E-state index contributed by atoms with van der Waals surface area (Å²) in [7, 11) is 0. The molecule has 1 N–H and O–H groups in total. The number of alkyl halides is 1. The van der Waals surface area contributed by atoms with Crippen molar-refractivity contribution in [3.8, 4) is 0 Å². The van der Waals surface area contributed by atoms with Gasteiger partial charge in [-0.25, -0.2) is 0 Å². The van der Waals surface area contributed by atoms with Crippen LogP contribution in [0.25, 0.3) is 0 Å². The highest BCUT2D eigenvalue weighted by Gasteiger charge is 2.10. The third-order valence-electron chi connectivity index (χ3n) is 2.86. The van der Waals surface area contributed by atoms with Crippen LogP contribution in [0.15, 0.2) is 18.2 Å². The van der Waals surface area contributed by atoms with Gasteiger partial charge in [0.05, 0.1) is 10.6 Å². The van der Waals surface area contributed by atoms with Crippen LogP contribution >= 0.6 is 23.2 Å². The van der Waals surface area contributed by atoms with Crippen molar-refractivity contribution in [3.63, 3.8) is 0 Å². The summed E-state index contributed by atoms with van der Waals surface area (Å²) in [5.41, 5.74) is 1.46. The van der Waals surface area contributed by atoms with Crippen LogP contribution in [0.4, 0.5) is 0 Å². The molecular formula is C14H19Cl2NO.